The Balaban J connectivity index is 4.46. The highest BCUT2D eigenvalue weighted by atomic mass is 14.0. The predicted octanol–water partition coefficient (Wildman–Crippen LogP) is 4.65. The van der Waals surface area contributed by atoms with Gasteiger partial charge in [0, 0.05) is 0 Å². The Morgan fingerprint density at radius 2 is 1.85 bits per heavy atom. The van der Waals surface area contributed by atoms with Gasteiger partial charge in [0.15, 0.2) is 0 Å². The molecule has 74 valence electrons. The van der Waals surface area contributed by atoms with Gasteiger partial charge < -0.3 is 0 Å². The maximum absolute atomic E-state index is 3.76. The van der Waals surface area contributed by atoms with Crippen molar-refractivity contribution in [3.05, 3.63) is 35.5 Å². The van der Waals surface area contributed by atoms with Crippen LogP contribution in [0, 0.1) is 0 Å². The van der Waals surface area contributed by atoms with Crippen LogP contribution in [0.25, 0.3) is 0 Å². The van der Waals surface area contributed by atoms with E-state index in [9.17, 15) is 0 Å². The van der Waals surface area contributed by atoms with Gasteiger partial charge in [0.1, 0.15) is 0 Å². The van der Waals surface area contributed by atoms with Crippen LogP contribution in [-0.2, 0) is 0 Å². The molecule has 0 bridgehead atoms. The highest BCUT2D eigenvalue weighted by molar-refractivity contribution is 5.30. The summed E-state index contributed by atoms with van der Waals surface area (Å²) < 4.78 is 0. The van der Waals surface area contributed by atoms with E-state index in [0.29, 0.717) is 0 Å². The molecule has 0 heterocycles. The van der Waals surface area contributed by atoms with E-state index in [1.165, 1.54) is 36.0 Å². The largest absolute Gasteiger partial charge is 0.0988 e. The average molecular weight is 178 g/mol. The first kappa shape index (κ1) is 12.2. The molecular weight excluding hydrogens is 156 g/mol. The first-order chi connectivity index (χ1) is 6.11. The molecular formula is C13H22. The summed E-state index contributed by atoms with van der Waals surface area (Å²) in [7, 11) is 0. The Morgan fingerprint density at radius 1 is 1.23 bits per heavy atom. The lowest BCUT2D eigenvalue weighted by molar-refractivity contribution is 0.791. The monoisotopic (exact) mass is 178 g/mol. The Kier molecular flexibility index (Phi) is 6.30. The molecule has 0 spiro atoms. The summed E-state index contributed by atoms with van der Waals surface area (Å²) in [5, 5.41) is 0. The van der Waals surface area contributed by atoms with Crippen LogP contribution in [0.5, 0.6) is 0 Å². The highest BCUT2D eigenvalue weighted by Gasteiger charge is 1.95. The molecule has 0 aromatic heterocycles. The van der Waals surface area contributed by atoms with Crippen molar-refractivity contribution in [3.8, 4) is 0 Å². The van der Waals surface area contributed by atoms with E-state index in [-0.39, 0.29) is 0 Å². The topological polar surface area (TPSA) is 0 Å². The summed E-state index contributed by atoms with van der Waals surface area (Å²) in [6, 6.07) is 0. The normalized spacial score (nSPS) is 11.2. The predicted molar refractivity (Wildman–Crippen MR) is 61.9 cm³/mol. The van der Waals surface area contributed by atoms with Crippen molar-refractivity contribution in [3.63, 3.8) is 0 Å². The molecule has 0 aliphatic rings. The molecule has 0 radical (unpaired) electrons. The van der Waals surface area contributed by atoms with Gasteiger partial charge in [-0.1, -0.05) is 43.2 Å². The van der Waals surface area contributed by atoms with Crippen molar-refractivity contribution in [2.45, 2.75) is 47.0 Å². The molecule has 0 saturated heterocycles. The van der Waals surface area contributed by atoms with Gasteiger partial charge in [0.05, 0.1) is 0 Å². The van der Waals surface area contributed by atoms with Gasteiger partial charge >= 0.3 is 0 Å². The summed E-state index contributed by atoms with van der Waals surface area (Å²) >= 11 is 0. The van der Waals surface area contributed by atoms with Crippen LogP contribution in [-0.4, -0.2) is 0 Å². The minimum atomic E-state index is 1.20. The second kappa shape index (κ2) is 6.71. The molecule has 0 heteroatoms. The van der Waals surface area contributed by atoms with Crippen molar-refractivity contribution >= 4 is 0 Å². The third-order valence-corrected chi connectivity index (χ3v) is 2.17. The van der Waals surface area contributed by atoms with Crippen molar-refractivity contribution in [1.29, 1.82) is 0 Å². The third-order valence-electron chi connectivity index (χ3n) is 2.17. The minimum absolute atomic E-state index is 1.20. The Bertz CT molecular complexity index is 212. The smallest absolute Gasteiger partial charge is 0.0280 e. The van der Waals surface area contributed by atoms with Crippen LogP contribution < -0.4 is 0 Å². The number of hydrogen-bond donors (Lipinski definition) is 0. The molecule has 0 aliphatic carbocycles. The fraction of sp³-hybridized carbons (Fsp3) is 0.538. The molecule has 0 rings (SSSR count). The lowest BCUT2D eigenvalue weighted by Gasteiger charge is -2.05. The van der Waals surface area contributed by atoms with Crippen molar-refractivity contribution in [1.82, 2.24) is 0 Å². The van der Waals surface area contributed by atoms with E-state index in [1.54, 1.807) is 0 Å². The van der Waals surface area contributed by atoms with Crippen LogP contribution in [0.15, 0.2) is 35.5 Å². The summed E-state index contributed by atoms with van der Waals surface area (Å²) in [6.07, 6.45) is 7.90. The quantitative estimate of drug-likeness (QED) is 0.538. The Hall–Kier alpha value is -0.780. The first-order valence-electron chi connectivity index (χ1n) is 5.08. The van der Waals surface area contributed by atoms with Crippen LogP contribution in [0.1, 0.15) is 47.0 Å². The standard InChI is InChI=1S/C13H22/c1-6-8-9-13(11(3)4)10-12(5)7-2/h7,10H,2,6,8-9H2,1,3-5H3/b12-10-. The molecule has 0 fully saturated rings. The number of rotatable bonds is 5. The van der Waals surface area contributed by atoms with E-state index >= 15 is 0 Å². The van der Waals surface area contributed by atoms with Gasteiger partial charge in [0.2, 0.25) is 0 Å². The lowest BCUT2D eigenvalue weighted by Crippen LogP contribution is -1.84. The molecule has 0 unspecified atom stereocenters. The first-order valence-corrected chi connectivity index (χ1v) is 5.08. The van der Waals surface area contributed by atoms with Gasteiger partial charge in [0.25, 0.3) is 0 Å². The number of unbranched alkanes of at least 4 members (excludes halogenated alkanes) is 1. The second-order valence-corrected chi connectivity index (χ2v) is 3.72. The van der Waals surface area contributed by atoms with E-state index in [1.807, 2.05) is 6.08 Å². The molecule has 0 amide bonds. The van der Waals surface area contributed by atoms with Gasteiger partial charge in [-0.3, -0.25) is 0 Å². The fourth-order valence-corrected chi connectivity index (χ4v) is 1.17. The van der Waals surface area contributed by atoms with Crippen LogP contribution in [0.3, 0.4) is 0 Å². The van der Waals surface area contributed by atoms with E-state index < -0.39 is 0 Å². The lowest BCUT2D eigenvalue weighted by atomic mass is 10.0. The minimum Gasteiger partial charge on any atom is -0.0988 e. The zero-order valence-corrected chi connectivity index (χ0v) is 9.48. The zero-order valence-electron chi connectivity index (χ0n) is 9.48. The average Bonchev–Trinajstić information content (AvgIpc) is 2.11. The summed E-state index contributed by atoms with van der Waals surface area (Å²) in [6.45, 7) is 12.4. The summed E-state index contributed by atoms with van der Waals surface area (Å²) in [5.74, 6) is 0. The zero-order chi connectivity index (χ0) is 10.3. The third kappa shape index (κ3) is 5.46. The molecule has 0 N–H and O–H groups in total. The molecule has 0 aliphatic heterocycles. The van der Waals surface area contributed by atoms with E-state index in [2.05, 4.69) is 40.3 Å². The van der Waals surface area contributed by atoms with Crippen LogP contribution in [0.4, 0.5) is 0 Å². The van der Waals surface area contributed by atoms with Crippen molar-refractivity contribution < 1.29 is 0 Å². The van der Waals surface area contributed by atoms with Crippen LogP contribution in [0.2, 0.25) is 0 Å². The second-order valence-electron chi connectivity index (χ2n) is 3.72. The Labute approximate surface area is 83.0 Å². The molecule has 0 nitrogen and oxygen atoms in total. The van der Waals surface area contributed by atoms with Crippen molar-refractivity contribution in [2.75, 3.05) is 0 Å². The van der Waals surface area contributed by atoms with Gasteiger partial charge in [-0.2, -0.15) is 0 Å². The summed E-state index contributed by atoms with van der Waals surface area (Å²) in [4.78, 5) is 0. The molecule has 0 aromatic rings. The number of allylic oxidation sites excluding steroid dienone is 5. The van der Waals surface area contributed by atoms with Crippen LogP contribution >= 0.6 is 0 Å². The molecule has 13 heavy (non-hydrogen) atoms. The maximum atomic E-state index is 3.76. The van der Waals surface area contributed by atoms with E-state index in [4.69, 9.17) is 0 Å². The Morgan fingerprint density at radius 3 is 2.23 bits per heavy atom. The maximum Gasteiger partial charge on any atom is -0.0280 e. The summed E-state index contributed by atoms with van der Waals surface area (Å²) in [5.41, 5.74) is 4.15. The van der Waals surface area contributed by atoms with Gasteiger partial charge in [-0.15, -0.1) is 0 Å². The SMILES string of the molecule is C=C/C(C)=C\C(CCCC)=C(C)C. The van der Waals surface area contributed by atoms with Crippen molar-refractivity contribution in [2.24, 2.45) is 0 Å². The molecule has 0 atom stereocenters. The fourth-order valence-electron chi connectivity index (χ4n) is 1.17. The van der Waals surface area contributed by atoms with Gasteiger partial charge in [-0.25, -0.2) is 0 Å². The van der Waals surface area contributed by atoms with Gasteiger partial charge in [-0.05, 0) is 39.2 Å². The molecule has 0 saturated carbocycles. The molecule has 0 aromatic carbocycles. The highest BCUT2D eigenvalue weighted by Crippen LogP contribution is 2.15. The number of hydrogen-bond acceptors (Lipinski definition) is 0. The van der Waals surface area contributed by atoms with E-state index in [0.717, 1.165) is 0 Å².